The summed E-state index contributed by atoms with van der Waals surface area (Å²) in [6.45, 7) is 0. The van der Waals surface area contributed by atoms with E-state index >= 15 is 0 Å². The largest absolute Gasteiger partial charge is 0.255 e. The summed E-state index contributed by atoms with van der Waals surface area (Å²) in [5, 5.41) is 0. The quantitative estimate of drug-likeness (QED) is 0.178. The first-order valence-corrected chi connectivity index (χ1v) is 15.8. The fraction of sp³-hybridized carbons (Fsp3) is 0. The van der Waals surface area contributed by atoms with Crippen LogP contribution in [0.2, 0.25) is 0 Å². The zero-order valence-electron chi connectivity index (χ0n) is 26.0. The molecular formula is C43H29N5. The highest BCUT2D eigenvalue weighted by atomic mass is 14.9. The van der Waals surface area contributed by atoms with Crippen LogP contribution in [0.5, 0.6) is 0 Å². The molecule has 0 atom stereocenters. The van der Waals surface area contributed by atoms with Crippen molar-refractivity contribution in [3.8, 4) is 78.9 Å². The summed E-state index contributed by atoms with van der Waals surface area (Å²) in [6, 6.07) is 55.4. The molecule has 0 aliphatic heterocycles. The van der Waals surface area contributed by atoms with E-state index in [4.69, 9.17) is 19.9 Å². The van der Waals surface area contributed by atoms with Crippen molar-refractivity contribution >= 4 is 0 Å². The summed E-state index contributed by atoms with van der Waals surface area (Å²) in [7, 11) is 0. The number of benzene rings is 4. The van der Waals surface area contributed by atoms with Gasteiger partial charge in [0.25, 0.3) is 0 Å². The van der Waals surface area contributed by atoms with E-state index in [1.165, 1.54) is 0 Å². The molecule has 0 bridgehead atoms. The van der Waals surface area contributed by atoms with Crippen LogP contribution >= 0.6 is 0 Å². The Morgan fingerprint density at radius 1 is 0.250 bits per heavy atom. The molecule has 0 saturated heterocycles. The number of hydrogen-bond acceptors (Lipinski definition) is 5. The highest BCUT2D eigenvalue weighted by molar-refractivity contribution is 5.78. The van der Waals surface area contributed by atoms with Crippen LogP contribution in [-0.2, 0) is 0 Å². The predicted octanol–water partition coefficient (Wildman–Crippen LogP) is 10.3. The van der Waals surface area contributed by atoms with E-state index in [2.05, 4.69) is 89.9 Å². The Balaban J connectivity index is 1.16. The van der Waals surface area contributed by atoms with Crippen molar-refractivity contribution in [3.05, 3.63) is 176 Å². The molecule has 5 heteroatoms. The van der Waals surface area contributed by atoms with Crippen LogP contribution in [-0.4, -0.2) is 24.9 Å². The van der Waals surface area contributed by atoms with Crippen molar-refractivity contribution in [2.24, 2.45) is 0 Å². The zero-order chi connectivity index (χ0) is 32.1. The smallest absolute Gasteiger partial charge is 0.160 e. The minimum absolute atomic E-state index is 0.682. The molecule has 48 heavy (non-hydrogen) atoms. The van der Waals surface area contributed by atoms with Crippen LogP contribution in [0.3, 0.4) is 0 Å². The Labute approximate surface area is 279 Å². The first-order chi connectivity index (χ1) is 23.8. The fourth-order valence-corrected chi connectivity index (χ4v) is 5.76. The number of hydrogen-bond donors (Lipinski definition) is 0. The third-order valence-electron chi connectivity index (χ3n) is 8.22. The van der Waals surface area contributed by atoms with E-state index in [-0.39, 0.29) is 0 Å². The third-order valence-corrected chi connectivity index (χ3v) is 8.22. The van der Waals surface area contributed by atoms with Crippen molar-refractivity contribution < 1.29 is 0 Å². The van der Waals surface area contributed by atoms with Gasteiger partial charge in [0.15, 0.2) is 5.82 Å². The number of nitrogens with zero attached hydrogens (tertiary/aromatic N) is 5. The SMILES string of the molecule is c1ccc(-c2cc(-c3ccccn3)nc(-c3cc(-c4ccc(-c5nc(-c6ccccc6)cc(-c6ccccc6)n5)cc4)ccn3)c2)cc1. The van der Waals surface area contributed by atoms with Crippen molar-refractivity contribution in [2.75, 3.05) is 0 Å². The van der Waals surface area contributed by atoms with E-state index in [9.17, 15) is 0 Å². The van der Waals surface area contributed by atoms with Crippen molar-refractivity contribution in [1.29, 1.82) is 0 Å². The molecule has 8 aromatic rings. The first-order valence-electron chi connectivity index (χ1n) is 15.8. The van der Waals surface area contributed by atoms with Gasteiger partial charge >= 0.3 is 0 Å². The second-order valence-electron chi connectivity index (χ2n) is 11.4. The van der Waals surface area contributed by atoms with Crippen LogP contribution in [0.25, 0.3) is 78.9 Å². The molecule has 0 N–H and O–H groups in total. The Bertz CT molecular complexity index is 2190. The molecule has 0 saturated carbocycles. The second-order valence-corrected chi connectivity index (χ2v) is 11.4. The van der Waals surface area contributed by atoms with Crippen LogP contribution in [0.15, 0.2) is 176 Å². The summed E-state index contributed by atoms with van der Waals surface area (Å²) in [6.07, 6.45) is 3.63. The van der Waals surface area contributed by atoms with Crippen LogP contribution in [0.1, 0.15) is 0 Å². The minimum Gasteiger partial charge on any atom is -0.255 e. The minimum atomic E-state index is 0.682. The lowest BCUT2D eigenvalue weighted by molar-refractivity contribution is 1.18. The molecule has 0 aliphatic carbocycles. The predicted molar refractivity (Wildman–Crippen MR) is 193 cm³/mol. The van der Waals surface area contributed by atoms with Crippen LogP contribution < -0.4 is 0 Å². The average Bonchev–Trinajstić information content (AvgIpc) is 3.19. The maximum Gasteiger partial charge on any atom is 0.160 e. The van der Waals surface area contributed by atoms with Gasteiger partial charge in [-0.3, -0.25) is 9.97 Å². The Kier molecular flexibility index (Phi) is 7.83. The maximum absolute atomic E-state index is 5.01. The normalized spacial score (nSPS) is 10.9. The number of rotatable bonds is 7. The maximum atomic E-state index is 5.01. The summed E-state index contributed by atoms with van der Waals surface area (Å²) in [5.41, 5.74) is 12.3. The summed E-state index contributed by atoms with van der Waals surface area (Å²) >= 11 is 0. The Morgan fingerprint density at radius 2 is 0.750 bits per heavy atom. The highest BCUT2D eigenvalue weighted by Crippen LogP contribution is 2.32. The summed E-state index contributed by atoms with van der Waals surface area (Å²) in [5.74, 6) is 0.682. The highest BCUT2D eigenvalue weighted by Gasteiger charge is 2.13. The van der Waals surface area contributed by atoms with Gasteiger partial charge < -0.3 is 0 Å². The van der Waals surface area contributed by atoms with E-state index in [0.29, 0.717) is 5.82 Å². The Morgan fingerprint density at radius 3 is 1.35 bits per heavy atom. The molecular weight excluding hydrogens is 587 g/mol. The van der Waals surface area contributed by atoms with Crippen LogP contribution in [0, 0.1) is 0 Å². The fourth-order valence-electron chi connectivity index (χ4n) is 5.76. The van der Waals surface area contributed by atoms with Crippen molar-refractivity contribution in [3.63, 3.8) is 0 Å². The molecule has 4 heterocycles. The van der Waals surface area contributed by atoms with Gasteiger partial charge in [-0.1, -0.05) is 121 Å². The standard InChI is InChI=1S/C43H29N5/c1-4-12-30(13-5-1)36-27-41(37-18-10-11-24-44-37)46-42(28-36)40-26-35(23-25-45-40)31-19-21-34(22-20-31)43-47-38(32-14-6-2-7-15-32)29-39(48-43)33-16-8-3-9-17-33/h1-29H. The van der Waals surface area contributed by atoms with Gasteiger partial charge in [-0.2, -0.15) is 0 Å². The third kappa shape index (κ3) is 6.13. The molecule has 226 valence electrons. The molecule has 0 fully saturated rings. The molecule has 0 radical (unpaired) electrons. The molecule has 4 aromatic carbocycles. The lowest BCUT2D eigenvalue weighted by Gasteiger charge is -2.11. The number of aromatic nitrogens is 5. The van der Waals surface area contributed by atoms with Crippen LogP contribution in [0.4, 0.5) is 0 Å². The molecule has 4 aromatic heterocycles. The molecule has 0 spiro atoms. The van der Waals surface area contributed by atoms with Gasteiger partial charge in [-0.05, 0) is 64.7 Å². The lowest BCUT2D eigenvalue weighted by Crippen LogP contribution is -1.96. The molecule has 5 nitrogen and oxygen atoms in total. The van der Waals surface area contributed by atoms with Gasteiger partial charge in [-0.15, -0.1) is 0 Å². The van der Waals surface area contributed by atoms with E-state index in [1.54, 1.807) is 6.20 Å². The van der Waals surface area contributed by atoms with Gasteiger partial charge in [-0.25, -0.2) is 15.0 Å². The van der Waals surface area contributed by atoms with Gasteiger partial charge in [0, 0.05) is 29.1 Å². The molecule has 0 unspecified atom stereocenters. The van der Waals surface area contributed by atoms with Gasteiger partial charge in [0.05, 0.1) is 34.2 Å². The molecule has 0 aliphatic rings. The Hall–Kier alpha value is -6.59. The van der Waals surface area contributed by atoms with E-state index in [0.717, 1.165) is 73.1 Å². The first kappa shape index (κ1) is 28.9. The van der Waals surface area contributed by atoms with Crippen molar-refractivity contribution in [1.82, 2.24) is 24.9 Å². The molecule has 0 amide bonds. The summed E-state index contributed by atoms with van der Waals surface area (Å²) < 4.78 is 0. The van der Waals surface area contributed by atoms with E-state index < -0.39 is 0 Å². The zero-order valence-corrected chi connectivity index (χ0v) is 26.0. The van der Waals surface area contributed by atoms with Crippen molar-refractivity contribution in [2.45, 2.75) is 0 Å². The monoisotopic (exact) mass is 615 g/mol. The summed E-state index contributed by atoms with van der Waals surface area (Å²) in [4.78, 5) is 24.3. The molecule has 8 rings (SSSR count). The van der Waals surface area contributed by atoms with Gasteiger partial charge in [0.1, 0.15) is 0 Å². The van der Waals surface area contributed by atoms with Gasteiger partial charge in [0.2, 0.25) is 0 Å². The second kappa shape index (κ2) is 13.0. The topological polar surface area (TPSA) is 64.5 Å². The number of pyridine rings is 3. The lowest BCUT2D eigenvalue weighted by atomic mass is 10.0. The average molecular weight is 616 g/mol. The van der Waals surface area contributed by atoms with E-state index in [1.807, 2.05) is 85.1 Å².